The van der Waals surface area contributed by atoms with Crippen molar-refractivity contribution < 1.29 is 13.9 Å². The molecule has 20 heavy (non-hydrogen) atoms. The first-order chi connectivity index (χ1) is 9.78. The molecular formula is C16H12O4. The van der Waals surface area contributed by atoms with Gasteiger partial charge in [0, 0.05) is 16.8 Å². The molecule has 1 aliphatic rings. The van der Waals surface area contributed by atoms with Crippen molar-refractivity contribution in [1.29, 1.82) is 0 Å². The van der Waals surface area contributed by atoms with Crippen molar-refractivity contribution in [2.24, 2.45) is 0 Å². The molecule has 100 valence electrons. The van der Waals surface area contributed by atoms with Crippen LogP contribution in [0.4, 0.5) is 0 Å². The minimum absolute atomic E-state index is 0.324. The van der Waals surface area contributed by atoms with E-state index in [2.05, 4.69) is 0 Å². The molecule has 0 N–H and O–H groups in total. The summed E-state index contributed by atoms with van der Waals surface area (Å²) in [4.78, 5) is 12.1. The highest BCUT2D eigenvalue weighted by Crippen LogP contribution is 2.33. The van der Waals surface area contributed by atoms with Crippen LogP contribution >= 0.6 is 0 Å². The molecule has 2 heterocycles. The molecular weight excluding hydrogens is 256 g/mol. The fourth-order valence-electron chi connectivity index (χ4n) is 2.81. The zero-order valence-electron chi connectivity index (χ0n) is 10.9. The predicted octanol–water partition coefficient (Wildman–Crippen LogP) is 2.99. The Hall–Kier alpha value is -2.33. The smallest absolute Gasteiger partial charge is 0.344 e. The SMILES string of the molecule is COc1ccc2c(c1)oc(=O)c1ccc3c(c12)COC3. The van der Waals surface area contributed by atoms with Gasteiger partial charge in [-0.2, -0.15) is 0 Å². The minimum atomic E-state index is -0.324. The molecule has 0 saturated carbocycles. The van der Waals surface area contributed by atoms with Gasteiger partial charge in [-0.3, -0.25) is 0 Å². The second-order valence-electron chi connectivity index (χ2n) is 4.87. The van der Waals surface area contributed by atoms with Crippen LogP contribution in [0.5, 0.6) is 5.75 Å². The molecule has 0 radical (unpaired) electrons. The number of hydrogen-bond acceptors (Lipinski definition) is 4. The normalized spacial score (nSPS) is 13.8. The molecule has 2 aromatic carbocycles. The lowest BCUT2D eigenvalue weighted by molar-refractivity contribution is 0.135. The lowest BCUT2D eigenvalue weighted by atomic mass is 9.99. The number of fused-ring (bicyclic) bond motifs is 5. The fraction of sp³-hybridized carbons (Fsp3) is 0.188. The summed E-state index contributed by atoms with van der Waals surface area (Å²) >= 11 is 0. The Balaban J connectivity index is 2.23. The van der Waals surface area contributed by atoms with E-state index in [1.54, 1.807) is 13.2 Å². The maximum atomic E-state index is 12.1. The van der Waals surface area contributed by atoms with Crippen LogP contribution < -0.4 is 10.4 Å². The van der Waals surface area contributed by atoms with E-state index in [-0.39, 0.29) is 5.63 Å². The number of rotatable bonds is 1. The third kappa shape index (κ3) is 1.48. The van der Waals surface area contributed by atoms with E-state index in [1.165, 1.54) is 0 Å². The van der Waals surface area contributed by atoms with Crippen LogP contribution in [0.3, 0.4) is 0 Å². The van der Waals surface area contributed by atoms with Crippen LogP contribution in [0, 0.1) is 0 Å². The minimum Gasteiger partial charge on any atom is -0.497 e. The Morgan fingerprint density at radius 1 is 1.10 bits per heavy atom. The monoisotopic (exact) mass is 268 g/mol. The summed E-state index contributed by atoms with van der Waals surface area (Å²) in [5.41, 5.74) is 2.45. The van der Waals surface area contributed by atoms with Crippen LogP contribution in [-0.4, -0.2) is 7.11 Å². The molecule has 3 aromatic rings. The third-order valence-corrected chi connectivity index (χ3v) is 3.79. The summed E-state index contributed by atoms with van der Waals surface area (Å²) in [5.74, 6) is 0.670. The summed E-state index contributed by atoms with van der Waals surface area (Å²) in [7, 11) is 1.59. The highest BCUT2D eigenvalue weighted by atomic mass is 16.5. The van der Waals surface area contributed by atoms with Gasteiger partial charge < -0.3 is 13.9 Å². The van der Waals surface area contributed by atoms with Gasteiger partial charge in [0.25, 0.3) is 0 Å². The van der Waals surface area contributed by atoms with E-state index in [4.69, 9.17) is 13.9 Å². The van der Waals surface area contributed by atoms with E-state index in [0.29, 0.717) is 29.9 Å². The molecule has 0 atom stereocenters. The molecule has 1 aliphatic heterocycles. The summed E-state index contributed by atoms with van der Waals surface area (Å²) in [6.45, 7) is 1.14. The Morgan fingerprint density at radius 2 is 1.95 bits per heavy atom. The number of benzene rings is 2. The lowest BCUT2D eigenvalue weighted by Gasteiger charge is -2.08. The topological polar surface area (TPSA) is 48.7 Å². The summed E-state index contributed by atoms with van der Waals surface area (Å²) in [6.07, 6.45) is 0. The molecule has 0 spiro atoms. The molecule has 0 unspecified atom stereocenters. The Kier molecular flexibility index (Phi) is 2.35. The molecule has 4 heteroatoms. The molecule has 0 amide bonds. The first-order valence-electron chi connectivity index (χ1n) is 6.41. The molecule has 4 rings (SSSR count). The molecule has 4 nitrogen and oxygen atoms in total. The predicted molar refractivity (Wildman–Crippen MR) is 75.0 cm³/mol. The first-order valence-corrected chi connectivity index (χ1v) is 6.41. The fourth-order valence-corrected chi connectivity index (χ4v) is 2.81. The van der Waals surface area contributed by atoms with Gasteiger partial charge in [0.15, 0.2) is 0 Å². The van der Waals surface area contributed by atoms with Gasteiger partial charge in [-0.15, -0.1) is 0 Å². The van der Waals surface area contributed by atoms with Gasteiger partial charge in [0.05, 0.1) is 25.7 Å². The zero-order valence-corrected chi connectivity index (χ0v) is 10.9. The van der Waals surface area contributed by atoms with Crippen molar-refractivity contribution in [3.63, 3.8) is 0 Å². The first kappa shape index (κ1) is 11.5. The van der Waals surface area contributed by atoms with E-state index in [0.717, 1.165) is 21.9 Å². The number of ether oxygens (including phenoxy) is 2. The van der Waals surface area contributed by atoms with Gasteiger partial charge in [-0.05, 0) is 29.3 Å². The van der Waals surface area contributed by atoms with Gasteiger partial charge in [-0.25, -0.2) is 4.79 Å². The second-order valence-corrected chi connectivity index (χ2v) is 4.87. The third-order valence-electron chi connectivity index (χ3n) is 3.79. The molecule has 1 aromatic heterocycles. The molecule has 0 aliphatic carbocycles. The molecule has 0 bridgehead atoms. The van der Waals surface area contributed by atoms with E-state index in [9.17, 15) is 4.79 Å². The maximum Gasteiger partial charge on any atom is 0.344 e. The summed E-state index contributed by atoms with van der Waals surface area (Å²) in [5, 5.41) is 2.46. The standard InChI is InChI=1S/C16H12O4/c1-18-10-3-5-11-14(6-10)20-16(17)12-4-2-9-7-19-8-13(9)15(11)12/h2-6H,7-8H2,1H3. The maximum absolute atomic E-state index is 12.1. The van der Waals surface area contributed by atoms with Gasteiger partial charge in [-0.1, -0.05) is 6.07 Å². The van der Waals surface area contributed by atoms with Crippen LogP contribution in [-0.2, 0) is 18.0 Å². The highest BCUT2D eigenvalue weighted by molar-refractivity contribution is 6.07. The van der Waals surface area contributed by atoms with E-state index < -0.39 is 0 Å². The number of hydrogen-bond donors (Lipinski definition) is 0. The second kappa shape index (κ2) is 4.08. The highest BCUT2D eigenvalue weighted by Gasteiger charge is 2.18. The van der Waals surface area contributed by atoms with Gasteiger partial charge in [0.1, 0.15) is 11.3 Å². The van der Waals surface area contributed by atoms with Crippen LogP contribution in [0.25, 0.3) is 21.7 Å². The number of methoxy groups -OCH3 is 1. The van der Waals surface area contributed by atoms with Gasteiger partial charge >= 0.3 is 5.63 Å². The Bertz CT molecular complexity index is 892. The van der Waals surface area contributed by atoms with Crippen molar-refractivity contribution in [2.75, 3.05) is 7.11 Å². The average molecular weight is 268 g/mol. The van der Waals surface area contributed by atoms with Crippen molar-refractivity contribution >= 4 is 21.7 Å². The quantitative estimate of drug-likeness (QED) is 0.503. The van der Waals surface area contributed by atoms with Crippen molar-refractivity contribution in [1.82, 2.24) is 0 Å². The average Bonchev–Trinajstić information content (AvgIpc) is 2.95. The van der Waals surface area contributed by atoms with Gasteiger partial charge in [0.2, 0.25) is 0 Å². The molecule has 0 saturated heterocycles. The summed E-state index contributed by atoms with van der Waals surface area (Å²) in [6, 6.07) is 9.30. The van der Waals surface area contributed by atoms with E-state index in [1.807, 2.05) is 24.3 Å². The summed E-state index contributed by atoms with van der Waals surface area (Å²) < 4.78 is 16.1. The van der Waals surface area contributed by atoms with Crippen molar-refractivity contribution in [2.45, 2.75) is 13.2 Å². The zero-order chi connectivity index (χ0) is 13.7. The van der Waals surface area contributed by atoms with Crippen molar-refractivity contribution in [3.8, 4) is 5.75 Å². The largest absolute Gasteiger partial charge is 0.497 e. The van der Waals surface area contributed by atoms with Crippen LogP contribution in [0.15, 0.2) is 39.5 Å². The Morgan fingerprint density at radius 3 is 2.80 bits per heavy atom. The van der Waals surface area contributed by atoms with Crippen LogP contribution in [0.2, 0.25) is 0 Å². The Labute approximate surface area is 114 Å². The van der Waals surface area contributed by atoms with Crippen LogP contribution in [0.1, 0.15) is 11.1 Å². The van der Waals surface area contributed by atoms with E-state index >= 15 is 0 Å². The lowest BCUT2D eigenvalue weighted by Crippen LogP contribution is -2.02. The van der Waals surface area contributed by atoms with Crippen molar-refractivity contribution in [3.05, 3.63) is 51.9 Å². The molecule has 0 fully saturated rings.